The molecule has 2 heterocycles. The highest BCUT2D eigenvalue weighted by Gasteiger charge is 2.26. The summed E-state index contributed by atoms with van der Waals surface area (Å²) >= 11 is 0. The lowest BCUT2D eigenvalue weighted by Crippen LogP contribution is -2.49. The molecule has 1 aromatic heterocycles. The van der Waals surface area contributed by atoms with Crippen LogP contribution in [0.1, 0.15) is 12.0 Å². The van der Waals surface area contributed by atoms with Gasteiger partial charge < -0.3 is 15.0 Å². The maximum atomic E-state index is 12.6. The lowest BCUT2D eigenvalue weighted by molar-refractivity contribution is -0.123. The summed E-state index contributed by atoms with van der Waals surface area (Å²) in [4.78, 5) is 18.3. The van der Waals surface area contributed by atoms with E-state index in [-0.39, 0.29) is 18.3 Å². The van der Waals surface area contributed by atoms with E-state index in [1.165, 1.54) is 4.31 Å². The zero-order chi connectivity index (χ0) is 21.4. The minimum Gasteiger partial charge on any atom is -0.484 e. The van der Waals surface area contributed by atoms with Crippen molar-refractivity contribution in [2.24, 2.45) is 0 Å². The van der Waals surface area contributed by atoms with Crippen LogP contribution in [0.3, 0.4) is 0 Å². The molecule has 1 aliphatic rings. The van der Waals surface area contributed by atoms with E-state index in [2.05, 4.69) is 15.2 Å². The van der Waals surface area contributed by atoms with E-state index in [9.17, 15) is 13.2 Å². The molecular formula is C21H28N4O4S. The number of nitrogens with zero attached hydrogens (tertiary/aromatic N) is 3. The first-order chi connectivity index (χ1) is 14.4. The number of aromatic nitrogens is 1. The first kappa shape index (κ1) is 22.0. The zero-order valence-electron chi connectivity index (χ0n) is 17.2. The molecule has 1 fully saturated rings. The van der Waals surface area contributed by atoms with Crippen LogP contribution in [0.15, 0.2) is 48.7 Å². The SMILES string of the molecule is Cc1ccc(OCC(=O)NCCCS(=O)(=O)N2CCN(c3ccccn3)CC2)cc1. The van der Waals surface area contributed by atoms with Crippen molar-refractivity contribution < 1.29 is 17.9 Å². The summed E-state index contributed by atoms with van der Waals surface area (Å²) in [5.41, 5.74) is 1.12. The topological polar surface area (TPSA) is 91.8 Å². The number of ether oxygens (including phenoxy) is 1. The molecular weight excluding hydrogens is 404 g/mol. The lowest BCUT2D eigenvalue weighted by Gasteiger charge is -2.34. The largest absolute Gasteiger partial charge is 0.484 e. The lowest BCUT2D eigenvalue weighted by atomic mass is 10.2. The van der Waals surface area contributed by atoms with Crippen molar-refractivity contribution in [2.75, 3.05) is 50.0 Å². The quantitative estimate of drug-likeness (QED) is 0.603. The Kier molecular flexibility index (Phi) is 7.64. The number of carbonyl (C=O) groups excluding carboxylic acids is 1. The molecule has 30 heavy (non-hydrogen) atoms. The Morgan fingerprint density at radius 2 is 1.83 bits per heavy atom. The van der Waals surface area contributed by atoms with Crippen LogP contribution in [0, 0.1) is 6.92 Å². The van der Waals surface area contributed by atoms with Crippen LogP contribution >= 0.6 is 0 Å². The average Bonchev–Trinajstić information content (AvgIpc) is 2.77. The van der Waals surface area contributed by atoms with Crippen molar-refractivity contribution >= 4 is 21.7 Å². The van der Waals surface area contributed by atoms with Crippen LogP contribution < -0.4 is 15.0 Å². The fourth-order valence-corrected chi connectivity index (χ4v) is 4.67. The number of piperazine rings is 1. The van der Waals surface area contributed by atoms with E-state index in [0.29, 0.717) is 44.9 Å². The molecule has 9 heteroatoms. The highest BCUT2D eigenvalue weighted by molar-refractivity contribution is 7.89. The Hall–Kier alpha value is -2.65. The van der Waals surface area contributed by atoms with Gasteiger partial charge in [0, 0.05) is 38.9 Å². The van der Waals surface area contributed by atoms with Gasteiger partial charge in [-0.15, -0.1) is 0 Å². The van der Waals surface area contributed by atoms with Crippen molar-refractivity contribution in [2.45, 2.75) is 13.3 Å². The summed E-state index contributed by atoms with van der Waals surface area (Å²) in [5.74, 6) is 1.24. The molecule has 1 saturated heterocycles. The van der Waals surface area contributed by atoms with E-state index in [1.54, 1.807) is 6.20 Å². The Morgan fingerprint density at radius 3 is 2.50 bits per heavy atom. The first-order valence-electron chi connectivity index (χ1n) is 10.0. The van der Waals surface area contributed by atoms with Crippen molar-refractivity contribution in [1.82, 2.24) is 14.6 Å². The van der Waals surface area contributed by atoms with E-state index < -0.39 is 10.0 Å². The van der Waals surface area contributed by atoms with Gasteiger partial charge in [0.05, 0.1) is 5.75 Å². The number of benzene rings is 1. The maximum Gasteiger partial charge on any atom is 0.257 e. The molecule has 0 radical (unpaired) electrons. The third kappa shape index (κ3) is 6.43. The van der Waals surface area contributed by atoms with Gasteiger partial charge in [0.2, 0.25) is 10.0 Å². The summed E-state index contributed by atoms with van der Waals surface area (Å²) in [6, 6.07) is 13.1. The molecule has 0 spiro atoms. The normalized spacial score (nSPS) is 15.0. The molecule has 0 aliphatic carbocycles. The van der Waals surface area contributed by atoms with Crippen LogP contribution in [0.2, 0.25) is 0 Å². The van der Waals surface area contributed by atoms with Crippen LogP contribution in [0.4, 0.5) is 5.82 Å². The van der Waals surface area contributed by atoms with Crippen LogP contribution in [0.25, 0.3) is 0 Å². The number of hydrogen-bond acceptors (Lipinski definition) is 6. The molecule has 0 saturated carbocycles. The Morgan fingerprint density at radius 1 is 1.10 bits per heavy atom. The monoisotopic (exact) mass is 432 g/mol. The van der Waals surface area contributed by atoms with Gasteiger partial charge in [0.15, 0.2) is 6.61 Å². The molecule has 1 aromatic carbocycles. The van der Waals surface area contributed by atoms with Gasteiger partial charge in [0.1, 0.15) is 11.6 Å². The predicted octanol–water partition coefficient (Wildman–Crippen LogP) is 1.43. The maximum absolute atomic E-state index is 12.6. The molecule has 8 nitrogen and oxygen atoms in total. The summed E-state index contributed by atoms with van der Waals surface area (Å²) in [6.45, 7) is 4.29. The van der Waals surface area contributed by atoms with Crippen LogP contribution in [0.5, 0.6) is 5.75 Å². The third-order valence-corrected chi connectivity index (χ3v) is 6.85. The smallest absolute Gasteiger partial charge is 0.257 e. The van der Waals surface area contributed by atoms with Crippen molar-refractivity contribution in [3.8, 4) is 5.75 Å². The highest BCUT2D eigenvalue weighted by Crippen LogP contribution is 2.15. The zero-order valence-corrected chi connectivity index (χ0v) is 18.0. The molecule has 1 N–H and O–H groups in total. The number of sulfonamides is 1. The van der Waals surface area contributed by atoms with Crippen LogP contribution in [-0.4, -0.2) is 68.7 Å². The number of rotatable bonds is 9. The summed E-state index contributed by atoms with van der Waals surface area (Å²) in [6.07, 6.45) is 2.09. The number of anilines is 1. The predicted molar refractivity (Wildman–Crippen MR) is 116 cm³/mol. The van der Waals surface area contributed by atoms with Gasteiger partial charge in [0.25, 0.3) is 5.91 Å². The number of hydrogen-bond donors (Lipinski definition) is 1. The molecule has 2 aromatic rings. The second-order valence-corrected chi connectivity index (χ2v) is 9.28. The van der Waals surface area contributed by atoms with Gasteiger partial charge in [-0.2, -0.15) is 4.31 Å². The molecule has 3 rings (SSSR count). The molecule has 0 atom stereocenters. The van der Waals surface area contributed by atoms with Crippen molar-refractivity contribution in [3.05, 3.63) is 54.2 Å². The Bertz CT molecular complexity index is 912. The van der Waals surface area contributed by atoms with E-state index in [1.807, 2.05) is 49.4 Å². The van der Waals surface area contributed by atoms with E-state index >= 15 is 0 Å². The molecule has 0 unspecified atom stereocenters. The second kappa shape index (κ2) is 10.4. The van der Waals surface area contributed by atoms with Gasteiger partial charge in [-0.05, 0) is 37.6 Å². The first-order valence-corrected chi connectivity index (χ1v) is 11.6. The summed E-state index contributed by atoms with van der Waals surface area (Å²) < 4.78 is 32.1. The summed E-state index contributed by atoms with van der Waals surface area (Å²) in [5, 5.41) is 2.70. The van der Waals surface area contributed by atoms with Crippen molar-refractivity contribution in [1.29, 1.82) is 0 Å². The van der Waals surface area contributed by atoms with Crippen molar-refractivity contribution in [3.63, 3.8) is 0 Å². The fourth-order valence-electron chi connectivity index (χ4n) is 3.18. The van der Waals surface area contributed by atoms with Gasteiger partial charge in [-0.25, -0.2) is 13.4 Å². The number of amides is 1. The standard InChI is InChI=1S/C21H28N4O4S/c1-18-6-8-19(9-7-18)29-17-21(26)23-11-4-16-30(27,28)25-14-12-24(13-15-25)20-5-2-3-10-22-20/h2-3,5-10H,4,11-17H2,1H3,(H,23,26). The number of carbonyl (C=O) groups is 1. The Labute approximate surface area is 177 Å². The van der Waals surface area contributed by atoms with E-state index in [0.717, 1.165) is 11.4 Å². The van der Waals surface area contributed by atoms with Gasteiger partial charge in [-0.3, -0.25) is 4.79 Å². The number of pyridine rings is 1. The summed E-state index contributed by atoms with van der Waals surface area (Å²) in [7, 11) is -3.34. The Balaban J connectivity index is 1.34. The average molecular weight is 433 g/mol. The fraction of sp³-hybridized carbons (Fsp3) is 0.429. The highest BCUT2D eigenvalue weighted by atomic mass is 32.2. The molecule has 0 bridgehead atoms. The number of aryl methyl sites for hydroxylation is 1. The van der Waals surface area contributed by atoms with E-state index in [4.69, 9.17) is 4.74 Å². The minimum absolute atomic E-state index is 0.00961. The molecule has 1 aliphatic heterocycles. The molecule has 1 amide bonds. The van der Waals surface area contributed by atoms with Gasteiger partial charge in [-0.1, -0.05) is 23.8 Å². The van der Waals surface area contributed by atoms with Crippen LogP contribution in [-0.2, 0) is 14.8 Å². The molecule has 162 valence electrons. The second-order valence-electron chi connectivity index (χ2n) is 7.20. The van der Waals surface area contributed by atoms with Gasteiger partial charge >= 0.3 is 0 Å². The minimum atomic E-state index is -3.34. The third-order valence-electron chi connectivity index (χ3n) is 4.90. The number of nitrogens with one attached hydrogen (secondary N) is 1.